The summed E-state index contributed by atoms with van der Waals surface area (Å²) in [6, 6.07) is 5.20. The maximum absolute atomic E-state index is 11.2. The summed E-state index contributed by atoms with van der Waals surface area (Å²) in [5.74, 6) is -0.0488. The molecule has 2 rings (SSSR count). The minimum atomic E-state index is -0.817. The van der Waals surface area contributed by atoms with Gasteiger partial charge in [0.05, 0.1) is 7.11 Å². The molecule has 0 aliphatic heterocycles. The number of methoxy groups -OCH3 is 1. The van der Waals surface area contributed by atoms with Gasteiger partial charge in [-0.1, -0.05) is 0 Å². The molecule has 0 saturated carbocycles. The number of hydrogen-bond acceptors (Lipinski definition) is 3. The van der Waals surface area contributed by atoms with Crippen molar-refractivity contribution in [1.29, 1.82) is 0 Å². The van der Waals surface area contributed by atoms with Crippen molar-refractivity contribution in [3.05, 3.63) is 30.0 Å². The third-order valence-corrected chi connectivity index (χ3v) is 3.30. The van der Waals surface area contributed by atoms with E-state index >= 15 is 0 Å². The summed E-state index contributed by atoms with van der Waals surface area (Å²) in [7, 11) is 5.16. The van der Waals surface area contributed by atoms with Crippen LogP contribution in [0.4, 0.5) is 0 Å². The first-order chi connectivity index (χ1) is 9.02. The van der Waals surface area contributed by atoms with E-state index in [-0.39, 0.29) is 0 Å². The second kappa shape index (κ2) is 5.32. The van der Waals surface area contributed by atoms with Gasteiger partial charge in [-0.2, -0.15) is 0 Å². The van der Waals surface area contributed by atoms with Crippen LogP contribution >= 0.6 is 0 Å². The molecule has 0 radical (unpaired) electrons. The zero-order chi connectivity index (χ0) is 14.0. The molecule has 1 aromatic carbocycles. The molecule has 102 valence electrons. The number of H-pyrrole nitrogens is 1. The van der Waals surface area contributed by atoms with E-state index < -0.39 is 12.0 Å². The van der Waals surface area contributed by atoms with Crippen LogP contribution in [0.2, 0.25) is 0 Å². The lowest BCUT2D eigenvalue weighted by atomic mass is 10.0. The fourth-order valence-corrected chi connectivity index (χ4v) is 2.15. The SMILES string of the molecule is COc1ccc2[nH]cc(CC(C(=O)O)N(C)C)c2c1. The molecule has 0 spiro atoms. The van der Waals surface area contributed by atoms with Crippen molar-refractivity contribution in [2.24, 2.45) is 0 Å². The summed E-state index contributed by atoms with van der Waals surface area (Å²) in [5, 5.41) is 10.2. The van der Waals surface area contributed by atoms with E-state index in [1.807, 2.05) is 24.4 Å². The van der Waals surface area contributed by atoms with E-state index in [0.717, 1.165) is 22.2 Å². The number of rotatable bonds is 5. The molecule has 2 N–H and O–H groups in total. The molecule has 1 unspecified atom stereocenters. The van der Waals surface area contributed by atoms with E-state index in [4.69, 9.17) is 4.74 Å². The maximum atomic E-state index is 11.2. The van der Waals surface area contributed by atoms with Gasteiger partial charge in [-0.15, -0.1) is 0 Å². The van der Waals surface area contributed by atoms with Crippen LogP contribution in [0.3, 0.4) is 0 Å². The summed E-state index contributed by atoms with van der Waals surface area (Å²) in [5.41, 5.74) is 1.97. The second-order valence-corrected chi connectivity index (χ2v) is 4.75. The van der Waals surface area contributed by atoms with Gasteiger partial charge in [0.2, 0.25) is 0 Å². The molecule has 5 nitrogen and oxygen atoms in total. The van der Waals surface area contributed by atoms with Crippen LogP contribution in [0, 0.1) is 0 Å². The van der Waals surface area contributed by atoms with E-state index in [1.54, 1.807) is 26.1 Å². The zero-order valence-corrected chi connectivity index (χ0v) is 11.3. The Labute approximate surface area is 111 Å². The van der Waals surface area contributed by atoms with Crippen molar-refractivity contribution in [3.63, 3.8) is 0 Å². The normalized spacial score (nSPS) is 12.8. The van der Waals surface area contributed by atoms with Crippen molar-refractivity contribution in [2.45, 2.75) is 12.5 Å². The number of benzene rings is 1. The lowest BCUT2D eigenvalue weighted by Gasteiger charge is -2.19. The van der Waals surface area contributed by atoms with Gasteiger partial charge in [0, 0.05) is 23.5 Å². The molecule has 1 heterocycles. The quantitative estimate of drug-likeness (QED) is 0.861. The van der Waals surface area contributed by atoms with E-state index in [1.165, 1.54) is 0 Å². The first kappa shape index (κ1) is 13.4. The molecule has 1 aromatic heterocycles. The number of nitrogens with one attached hydrogen (secondary N) is 1. The minimum Gasteiger partial charge on any atom is -0.497 e. The van der Waals surface area contributed by atoms with Gasteiger partial charge in [-0.25, -0.2) is 0 Å². The summed E-state index contributed by atoms with van der Waals surface area (Å²) in [4.78, 5) is 16.1. The topological polar surface area (TPSA) is 65.6 Å². The summed E-state index contributed by atoms with van der Waals surface area (Å²) < 4.78 is 5.21. The lowest BCUT2D eigenvalue weighted by Crippen LogP contribution is -2.37. The van der Waals surface area contributed by atoms with Crippen LogP contribution in [0.5, 0.6) is 5.75 Å². The van der Waals surface area contributed by atoms with Gasteiger partial charge < -0.3 is 14.8 Å². The van der Waals surface area contributed by atoms with Gasteiger partial charge in [-0.05, 0) is 37.9 Å². The van der Waals surface area contributed by atoms with Crippen molar-refractivity contribution < 1.29 is 14.6 Å². The van der Waals surface area contributed by atoms with Gasteiger partial charge in [0.25, 0.3) is 0 Å². The van der Waals surface area contributed by atoms with Gasteiger partial charge >= 0.3 is 5.97 Å². The Hall–Kier alpha value is -2.01. The van der Waals surface area contributed by atoms with Gasteiger partial charge in [0.15, 0.2) is 0 Å². The number of nitrogens with zero attached hydrogens (tertiary/aromatic N) is 1. The molecule has 0 amide bonds. The standard InChI is InChI=1S/C14H18N2O3/c1-16(2)13(14(17)18)6-9-8-15-12-5-4-10(19-3)7-11(9)12/h4-5,7-8,13,15H,6H2,1-3H3,(H,17,18). The predicted molar refractivity (Wildman–Crippen MR) is 73.7 cm³/mol. The molecule has 1 atom stereocenters. The van der Waals surface area contributed by atoms with Crippen molar-refractivity contribution in [3.8, 4) is 5.75 Å². The first-order valence-corrected chi connectivity index (χ1v) is 6.06. The lowest BCUT2D eigenvalue weighted by molar-refractivity contribution is -0.142. The van der Waals surface area contributed by atoms with E-state index in [9.17, 15) is 9.90 Å². The molecule has 0 bridgehead atoms. The number of carboxylic acid groups (broad SMARTS) is 1. The predicted octanol–water partition coefficient (Wildman–Crippen LogP) is 1.73. The molecule has 19 heavy (non-hydrogen) atoms. The van der Waals surface area contributed by atoms with E-state index in [2.05, 4.69) is 4.98 Å². The first-order valence-electron chi connectivity index (χ1n) is 6.06. The van der Waals surface area contributed by atoms with E-state index in [0.29, 0.717) is 6.42 Å². The van der Waals surface area contributed by atoms with Crippen LogP contribution < -0.4 is 4.74 Å². The number of fused-ring (bicyclic) bond motifs is 1. The van der Waals surface area contributed by atoms with Crippen molar-refractivity contribution in [1.82, 2.24) is 9.88 Å². The molecule has 0 aliphatic carbocycles. The Kier molecular flexibility index (Phi) is 3.76. The van der Waals surface area contributed by atoms with Gasteiger partial charge in [0.1, 0.15) is 11.8 Å². The highest BCUT2D eigenvalue weighted by atomic mass is 16.5. The Morgan fingerprint density at radius 3 is 2.79 bits per heavy atom. The summed E-state index contributed by atoms with van der Waals surface area (Å²) >= 11 is 0. The molecule has 0 fully saturated rings. The highest BCUT2D eigenvalue weighted by Crippen LogP contribution is 2.25. The second-order valence-electron chi connectivity index (χ2n) is 4.75. The minimum absolute atomic E-state index is 0.454. The van der Waals surface area contributed by atoms with Crippen LogP contribution in [-0.4, -0.2) is 48.2 Å². The number of ether oxygens (including phenoxy) is 1. The fraction of sp³-hybridized carbons (Fsp3) is 0.357. The highest BCUT2D eigenvalue weighted by molar-refractivity contribution is 5.85. The van der Waals surface area contributed by atoms with Crippen LogP contribution in [0.25, 0.3) is 10.9 Å². The number of aromatic amines is 1. The molecular weight excluding hydrogens is 244 g/mol. The average molecular weight is 262 g/mol. The van der Waals surface area contributed by atoms with Crippen LogP contribution in [-0.2, 0) is 11.2 Å². The number of aliphatic carboxylic acids is 1. The number of carboxylic acids is 1. The Morgan fingerprint density at radius 2 is 2.21 bits per heavy atom. The largest absolute Gasteiger partial charge is 0.497 e. The third kappa shape index (κ3) is 2.71. The fourth-order valence-electron chi connectivity index (χ4n) is 2.15. The Morgan fingerprint density at radius 1 is 1.47 bits per heavy atom. The van der Waals surface area contributed by atoms with Gasteiger partial charge in [-0.3, -0.25) is 9.69 Å². The van der Waals surface area contributed by atoms with Crippen molar-refractivity contribution >= 4 is 16.9 Å². The molecule has 2 aromatic rings. The Balaban J connectivity index is 2.36. The summed E-state index contributed by atoms with van der Waals surface area (Å²) in [6.45, 7) is 0. The highest BCUT2D eigenvalue weighted by Gasteiger charge is 2.21. The summed E-state index contributed by atoms with van der Waals surface area (Å²) in [6.07, 6.45) is 2.32. The number of aromatic nitrogens is 1. The van der Waals surface area contributed by atoms with Crippen molar-refractivity contribution in [2.75, 3.05) is 21.2 Å². The smallest absolute Gasteiger partial charge is 0.321 e. The third-order valence-electron chi connectivity index (χ3n) is 3.30. The molecule has 0 saturated heterocycles. The van der Waals surface area contributed by atoms with Crippen LogP contribution in [0.15, 0.2) is 24.4 Å². The Bertz CT molecular complexity index is 589. The number of likely N-dealkylation sites (N-methyl/N-ethyl adjacent to an activating group) is 1. The molecule has 0 aliphatic rings. The molecular formula is C14H18N2O3. The monoisotopic (exact) mass is 262 g/mol. The average Bonchev–Trinajstić information content (AvgIpc) is 2.77. The maximum Gasteiger partial charge on any atom is 0.321 e. The number of hydrogen-bond donors (Lipinski definition) is 2. The van der Waals surface area contributed by atoms with Crippen LogP contribution in [0.1, 0.15) is 5.56 Å². The number of carbonyl (C=O) groups is 1. The zero-order valence-electron chi connectivity index (χ0n) is 11.3. The molecule has 5 heteroatoms.